The van der Waals surface area contributed by atoms with Crippen molar-refractivity contribution in [3.05, 3.63) is 11.5 Å². The van der Waals surface area contributed by atoms with Gasteiger partial charge in [0.25, 0.3) is 0 Å². The normalized spacial score (nSPS) is 11.3. The number of nitrogens with zero attached hydrogens (tertiary/aromatic N) is 4. The number of rotatable bonds is 4. The highest BCUT2D eigenvalue weighted by atomic mass is 16.5. The van der Waals surface area contributed by atoms with Crippen LogP contribution in [0.15, 0.2) is 0 Å². The first kappa shape index (κ1) is 14.4. The molecule has 2 aromatic rings. The van der Waals surface area contributed by atoms with Crippen LogP contribution in [0.4, 0.5) is 5.82 Å². The van der Waals surface area contributed by atoms with E-state index in [1.165, 1.54) is 0 Å². The Morgan fingerprint density at radius 1 is 1.35 bits per heavy atom. The minimum atomic E-state index is 0.272. The van der Waals surface area contributed by atoms with Crippen LogP contribution in [0.2, 0.25) is 0 Å². The van der Waals surface area contributed by atoms with Crippen LogP contribution in [-0.4, -0.2) is 26.4 Å². The Kier molecular flexibility index (Phi) is 3.74. The molecule has 0 atom stereocenters. The number of nitrogens with two attached hydrogens (primary N) is 1. The van der Waals surface area contributed by atoms with E-state index in [2.05, 4.69) is 30.4 Å². The Labute approximate surface area is 119 Å². The molecule has 0 radical (unpaired) electrons. The Morgan fingerprint density at radius 2 is 2.00 bits per heavy atom. The zero-order valence-corrected chi connectivity index (χ0v) is 13.1. The summed E-state index contributed by atoms with van der Waals surface area (Å²) >= 11 is 0. The van der Waals surface area contributed by atoms with Crippen molar-refractivity contribution < 1.29 is 4.74 Å². The summed E-state index contributed by atoms with van der Waals surface area (Å²) in [6.07, 6.45) is 0.837. The molecule has 2 aromatic heterocycles. The highest BCUT2D eigenvalue weighted by Gasteiger charge is 2.24. The zero-order valence-electron chi connectivity index (χ0n) is 13.1. The van der Waals surface area contributed by atoms with Crippen molar-refractivity contribution in [3.63, 3.8) is 0 Å². The quantitative estimate of drug-likeness (QED) is 0.931. The summed E-state index contributed by atoms with van der Waals surface area (Å²) < 4.78 is 9.23. The van der Waals surface area contributed by atoms with Crippen LogP contribution in [0, 0.1) is 6.92 Å². The third-order valence-electron chi connectivity index (χ3n) is 3.45. The first-order chi connectivity index (χ1) is 9.42. The smallest absolute Gasteiger partial charge is 0.221 e. The number of methoxy groups -OCH3 is 1. The second-order valence-electron chi connectivity index (χ2n) is 5.17. The van der Waals surface area contributed by atoms with Gasteiger partial charge in [-0.05, 0) is 20.8 Å². The highest BCUT2D eigenvalue weighted by Crippen LogP contribution is 2.37. The van der Waals surface area contributed by atoms with Crippen LogP contribution in [0.5, 0.6) is 5.88 Å². The van der Waals surface area contributed by atoms with Crippen molar-refractivity contribution in [2.45, 2.75) is 40.2 Å². The molecule has 0 aromatic carbocycles. The average molecular weight is 277 g/mol. The van der Waals surface area contributed by atoms with Crippen molar-refractivity contribution in [2.75, 3.05) is 12.8 Å². The Bertz CT molecular complexity index is 624. The molecule has 0 spiro atoms. The van der Waals surface area contributed by atoms with Crippen molar-refractivity contribution in [1.29, 1.82) is 0 Å². The fourth-order valence-electron chi connectivity index (χ4n) is 2.65. The minimum absolute atomic E-state index is 0.272. The maximum Gasteiger partial charge on any atom is 0.221 e. The summed E-state index contributed by atoms with van der Waals surface area (Å²) in [5, 5.41) is 4.40. The minimum Gasteiger partial charge on any atom is -0.481 e. The Hall–Kier alpha value is -1.98. The van der Waals surface area contributed by atoms with Gasteiger partial charge in [0.15, 0.2) is 0 Å². The summed E-state index contributed by atoms with van der Waals surface area (Å²) in [5.41, 5.74) is 8.83. The van der Waals surface area contributed by atoms with E-state index in [1.807, 2.05) is 14.0 Å². The zero-order chi connectivity index (χ0) is 15.0. The summed E-state index contributed by atoms with van der Waals surface area (Å²) in [6.45, 7) is 8.23. The molecule has 20 heavy (non-hydrogen) atoms. The van der Waals surface area contributed by atoms with Crippen LogP contribution in [0.1, 0.15) is 38.3 Å². The monoisotopic (exact) mass is 277 g/mol. The lowest BCUT2D eigenvalue weighted by molar-refractivity contribution is 0.374. The van der Waals surface area contributed by atoms with Gasteiger partial charge in [-0.15, -0.1) is 0 Å². The van der Waals surface area contributed by atoms with Gasteiger partial charge in [-0.3, -0.25) is 0 Å². The van der Waals surface area contributed by atoms with E-state index in [0.717, 1.165) is 29.2 Å². The van der Waals surface area contributed by atoms with E-state index in [1.54, 1.807) is 11.8 Å². The lowest BCUT2D eigenvalue weighted by Crippen LogP contribution is -2.09. The first-order valence-corrected chi connectivity index (χ1v) is 6.86. The van der Waals surface area contributed by atoms with Crippen molar-refractivity contribution in [2.24, 2.45) is 7.05 Å². The fourth-order valence-corrected chi connectivity index (χ4v) is 2.65. The third-order valence-corrected chi connectivity index (χ3v) is 3.45. The average Bonchev–Trinajstić information content (AvgIpc) is 2.85. The molecule has 0 fully saturated rings. The lowest BCUT2D eigenvalue weighted by atomic mass is 10.2. The van der Waals surface area contributed by atoms with E-state index in [4.69, 9.17) is 15.5 Å². The second kappa shape index (κ2) is 5.19. The molecule has 110 valence electrons. The second-order valence-corrected chi connectivity index (χ2v) is 5.17. The number of aromatic nitrogens is 4. The third kappa shape index (κ3) is 2.05. The van der Waals surface area contributed by atoms with Gasteiger partial charge in [-0.2, -0.15) is 5.10 Å². The number of nitrogen functional groups attached to an aromatic ring is 1. The molecule has 6 nitrogen and oxygen atoms in total. The van der Waals surface area contributed by atoms with E-state index in [0.29, 0.717) is 11.7 Å². The van der Waals surface area contributed by atoms with Gasteiger partial charge in [0.1, 0.15) is 17.3 Å². The van der Waals surface area contributed by atoms with Crippen LogP contribution >= 0.6 is 0 Å². The molecule has 6 heteroatoms. The molecule has 0 aliphatic heterocycles. The molecule has 0 unspecified atom stereocenters. The molecule has 0 saturated heterocycles. The van der Waals surface area contributed by atoms with Crippen molar-refractivity contribution in [3.8, 4) is 17.1 Å². The summed E-state index contributed by atoms with van der Waals surface area (Å²) in [5.74, 6) is 2.34. The van der Waals surface area contributed by atoms with E-state index in [9.17, 15) is 0 Å². The van der Waals surface area contributed by atoms with Gasteiger partial charge in [-0.25, -0.2) is 9.67 Å². The lowest BCUT2D eigenvalue weighted by Gasteiger charge is -2.12. The summed E-state index contributed by atoms with van der Waals surface area (Å²) in [4.78, 5) is 4.71. The SMILES string of the molecule is CCc1nc(-c2c(C)nn(C)c2OC)c(N)n1C(C)C. The van der Waals surface area contributed by atoms with Crippen molar-refractivity contribution in [1.82, 2.24) is 19.3 Å². The van der Waals surface area contributed by atoms with Gasteiger partial charge in [-0.1, -0.05) is 6.92 Å². The van der Waals surface area contributed by atoms with Gasteiger partial charge >= 0.3 is 0 Å². The number of imidazole rings is 1. The van der Waals surface area contributed by atoms with Gasteiger partial charge in [0.05, 0.1) is 18.4 Å². The van der Waals surface area contributed by atoms with Crippen LogP contribution in [0.25, 0.3) is 11.3 Å². The molecule has 0 aliphatic carbocycles. The number of aryl methyl sites for hydroxylation is 3. The Morgan fingerprint density at radius 3 is 2.45 bits per heavy atom. The number of anilines is 1. The topological polar surface area (TPSA) is 70.9 Å². The maximum absolute atomic E-state index is 6.32. The van der Waals surface area contributed by atoms with E-state index in [-0.39, 0.29) is 6.04 Å². The van der Waals surface area contributed by atoms with Gasteiger partial charge < -0.3 is 15.0 Å². The fraction of sp³-hybridized carbons (Fsp3) is 0.571. The molecule has 2 heterocycles. The van der Waals surface area contributed by atoms with Crippen molar-refractivity contribution >= 4 is 5.82 Å². The van der Waals surface area contributed by atoms with Crippen LogP contribution in [0.3, 0.4) is 0 Å². The standard InChI is InChI=1S/C14H23N5O/c1-7-10-16-12(13(15)19(10)8(2)3)11-9(4)17-18(5)14(11)20-6/h8H,7,15H2,1-6H3. The van der Waals surface area contributed by atoms with Crippen LogP contribution in [-0.2, 0) is 13.5 Å². The number of hydrogen-bond donors (Lipinski definition) is 1. The molecular weight excluding hydrogens is 254 g/mol. The predicted octanol–water partition coefficient (Wildman–Crippen LogP) is 2.33. The Balaban J connectivity index is 2.71. The van der Waals surface area contributed by atoms with Gasteiger partial charge in [0, 0.05) is 19.5 Å². The summed E-state index contributed by atoms with van der Waals surface area (Å²) in [7, 11) is 3.49. The molecule has 0 saturated carbocycles. The maximum atomic E-state index is 6.32. The largest absolute Gasteiger partial charge is 0.481 e. The summed E-state index contributed by atoms with van der Waals surface area (Å²) in [6, 6.07) is 0.272. The number of hydrogen-bond acceptors (Lipinski definition) is 4. The van der Waals surface area contributed by atoms with Crippen LogP contribution < -0.4 is 10.5 Å². The highest BCUT2D eigenvalue weighted by molar-refractivity contribution is 5.77. The molecule has 2 N–H and O–H groups in total. The number of ether oxygens (including phenoxy) is 1. The molecule has 2 rings (SSSR count). The predicted molar refractivity (Wildman–Crippen MR) is 79.9 cm³/mol. The molecular formula is C14H23N5O. The molecule has 0 amide bonds. The van der Waals surface area contributed by atoms with E-state index >= 15 is 0 Å². The van der Waals surface area contributed by atoms with Gasteiger partial charge in [0.2, 0.25) is 5.88 Å². The van der Waals surface area contributed by atoms with E-state index < -0.39 is 0 Å². The molecule has 0 bridgehead atoms. The first-order valence-electron chi connectivity index (χ1n) is 6.86. The molecule has 0 aliphatic rings.